The smallest absolute Gasteiger partial charge is 0.123 e. The summed E-state index contributed by atoms with van der Waals surface area (Å²) in [5, 5.41) is 0. The average molecular weight is 241 g/mol. The fraction of sp³-hybridized carbons (Fsp3) is 0.250. The maximum absolute atomic E-state index is 13.3. The van der Waals surface area contributed by atoms with Crippen LogP contribution < -0.4 is 5.73 Å². The van der Waals surface area contributed by atoms with Gasteiger partial charge in [0.25, 0.3) is 0 Å². The number of hydrogen-bond acceptors (Lipinski definition) is 1. The van der Waals surface area contributed by atoms with E-state index in [1.165, 1.54) is 17.2 Å². The third-order valence-corrected chi connectivity index (χ3v) is 3.78. The normalized spacial score (nSPS) is 17.8. The van der Waals surface area contributed by atoms with Gasteiger partial charge in [0.2, 0.25) is 0 Å². The van der Waals surface area contributed by atoms with Gasteiger partial charge in [-0.2, -0.15) is 0 Å². The Kier molecular flexibility index (Phi) is 2.67. The summed E-state index contributed by atoms with van der Waals surface area (Å²) in [5.74, 6) is -0.187. The molecule has 2 aromatic carbocycles. The Morgan fingerprint density at radius 3 is 2.83 bits per heavy atom. The molecule has 0 aliphatic heterocycles. The van der Waals surface area contributed by atoms with E-state index in [9.17, 15) is 4.39 Å². The lowest BCUT2D eigenvalue weighted by molar-refractivity contribution is 0.628. The van der Waals surface area contributed by atoms with Crippen LogP contribution in [0.1, 0.15) is 29.2 Å². The summed E-state index contributed by atoms with van der Waals surface area (Å²) in [6.07, 6.45) is 2.04. The first-order valence-electron chi connectivity index (χ1n) is 6.30. The Morgan fingerprint density at radius 2 is 2.00 bits per heavy atom. The summed E-state index contributed by atoms with van der Waals surface area (Å²) in [7, 11) is 0. The molecule has 1 aliphatic rings. The molecule has 0 saturated heterocycles. The van der Waals surface area contributed by atoms with Gasteiger partial charge in [0.1, 0.15) is 5.82 Å². The van der Waals surface area contributed by atoms with Gasteiger partial charge in [0, 0.05) is 6.04 Å². The maximum atomic E-state index is 13.3. The Labute approximate surface area is 106 Å². The largest absolute Gasteiger partial charge is 0.324 e. The molecule has 1 nitrogen and oxygen atoms in total. The lowest BCUT2D eigenvalue weighted by Crippen LogP contribution is -2.04. The first kappa shape index (κ1) is 11.4. The molecule has 0 fully saturated rings. The molecule has 1 unspecified atom stereocenters. The molecular weight excluding hydrogens is 225 g/mol. The van der Waals surface area contributed by atoms with E-state index < -0.39 is 0 Å². The Bertz CT molecular complexity index is 604. The zero-order chi connectivity index (χ0) is 12.7. The number of nitrogens with two attached hydrogens (primary N) is 1. The van der Waals surface area contributed by atoms with E-state index in [0.717, 1.165) is 29.5 Å². The van der Waals surface area contributed by atoms with E-state index >= 15 is 0 Å². The molecule has 1 aliphatic carbocycles. The molecule has 0 aromatic heterocycles. The standard InChI is InChI=1S/C16H16FN/c1-10-2-5-13(17)9-15(10)12-3-6-14-11(8-12)4-7-16(14)18/h2-3,5-6,8-9,16H,4,7,18H2,1H3. The van der Waals surface area contributed by atoms with Gasteiger partial charge in [-0.3, -0.25) is 0 Å². The summed E-state index contributed by atoms with van der Waals surface area (Å²) < 4.78 is 13.3. The van der Waals surface area contributed by atoms with Crippen molar-refractivity contribution >= 4 is 0 Å². The second kappa shape index (κ2) is 4.21. The molecule has 92 valence electrons. The number of fused-ring (bicyclic) bond motifs is 1. The second-order valence-electron chi connectivity index (χ2n) is 5.02. The third-order valence-electron chi connectivity index (χ3n) is 3.78. The third kappa shape index (κ3) is 1.83. The van der Waals surface area contributed by atoms with Crippen LogP contribution in [0.2, 0.25) is 0 Å². The van der Waals surface area contributed by atoms with Crippen LogP contribution in [0.5, 0.6) is 0 Å². The highest BCUT2D eigenvalue weighted by Gasteiger charge is 2.19. The molecule has 2 aromatic rings. The van der Waals surface area contributed by atoms with Crippen molar-refractivity contribution in [1.82, 2.24) is 0 Å². The summed E-state index contributed by atoms with van der Waals surface area (Å²) in [4.78, 5) is 0. The van der Waals surface area contributed by atoms with E-state index in [2.05, 4.69) is 12.1 Å². The second-order valence-corrected chi connectivity index (χ2v) is 5.02. The van der Waals surface area contributed by atoms with Crippen molar-refractivity contribution in [2.24, 2.45) is 5.73 Å². The molecule has 3 rings (SSSR count). The minimum atomic E-state index is -0.187. The summed E-state index contributed by atoms with van der Waals surface area (Å²) in [6.45, 7) is 2.01. The maximum Gasteiger partial charge on any atom is 0.123 e. The summed E-state index contributed by atoms with van der Waals surface area (Å²) in [5.41, 5.74) is 11.7. The van der Waals surface area contributed by atoms with Crippen LogP contribution in [0.25, 0.3) is 11.1 Å². The lowest BCUT2D eigenvalue weighted by atomic mass is 9.97. The van der Waals surface area contributed by atoms with E-state index in [0.29, 0.717) is 0 Å². The van der Waals surface area contributed by atoms with Crippen LogP contribution in [0, 0.1) is 12.7 Å². The Morgan fingerprint density at radius 1 is 1.17 bits per heavy atom. The molecule has 0 heterocycles. The molecule has 0 saturated carbocycles. The van der Waals surface area contributed by atoms with Crippen molar-refractivity contribution in [2.75, 3.05) is 0 Å². The number of rotatable bonds is 1. The zero-order valence-corrected chi connectivity index (χ0v) is 10.4. The number of halogens is 1. The van der Waals surface area contributed by atoms with Crippen LogP contribution in [0.4, 0.5) is 4.39 Å². The van der Waals surface area contributed by atoms with Crippen molar-refractivity contribution < 1.29 is 4.39 Å². The van der Waals surface area contributed by atoms with Gasteiger partial charge in [-0.05, 0) is 59.7 Å². The van der Waals surface area contributed by atoms with Crippen LogP contribution in [-0.2, 0) is 6.42 Å². The minimum Gasteiger partial charge on any atom is -0.324 e. The number of hydrogen-bond donors (Lipinski definition) is 1. The van der Waals surface area contributed by atoms with Gasteiger partial charge in [0.05, 0.1) is 0 Å². The molecule has 2 N–H and O–H groups in total. The zero-order valence-electron chi connectivity index (χ0n) is 10.4. The molecule has 0 radical (unpaired) electrons. The van der Waals surface area contributed by atoms with E-state index in [-0.39, 0.29) is 11.9 Å². The Balaban J connectivity index is 2.10. The molecule has 0 amide bonds. The van der Waals surface area contributed by atoms with Crippen LogP contribution in [0.15, 0.2) is 36.4 Å². The van der Waals surface area contributed by atoms with Gasteiger partial charge in [-0.15, -0.1) is 0 Å². The van der Waals surface area contributed by atoms with Crippen LogP contribution >= 0.6 is 0 Å². The van der Waals surface area contributed by atoms with E-state index in [4.69, 9.17) is 5.73 Å². The molecule has 2 heteroatoms. The van der Waals surface area contributed by atoms with Crippen molar-refractivity contribution in [1.29, 1.82) is 0 Å². The summed E-state index contributed by atoms with van der Waals surface area (Å²) in [6, 6.07) is 11.4. The van der Waals surface area contributed by atoms with Crippen molar-refractivity contribution in [3.05, 3.63) is 58.9 Å². The molecule has 0 bridgehead atoms. The fourth-order valence-electron chi connectivity index (χ4n) is 2.72. The predicted octanol–water partition coefficient (Wildman–Crippen LogP) is 3.75. The van der Waals surface area contributed by atoms with E-state index in [1.807, 2.05) is 19.1 Å². The van der Waals surface area contributed by atoms with Gasteiger partial charge in [0.15, 0.2) is 0 Å². The van der Waals surface area contributed by atoms with Gasteiger partial charge >= 0.3 is 0 Å². The lowest BCUT2D eigenvalue weighted by Gasteiger charge is -2.10. The minimum absolute atomic E-state index is 0.169. The van der Waals surface area contributed by atoms with Crippen molar-refractivity contribution in [3.63, 3.8) is 0 Å². The number of benzene rings is 2. The highest BCUT2D eigenvalue weighted by molar-refractivity contribution is 5.68. The van der Waals surface area contributed by atoms with Crippen molar-refractivity contribution in [3.8, 4) is 11.1 Å². The number of aryl methyl sites for hydroxylation is 2. The molecular formula is C16H16FN. The van der Waals surface area contributed by atoms with Gasteiger partial charge in [-0.1, -0.05) is 24.3 Å². The first-order chi connectivity index (χ1) is 8.65. The first-order valence-corrected chi connectivity index (χ1v) is 6.30. The highest BCUT2D eigenvalue weighted by atomic mass is 19.1. The van der Waals surface area contributed by atoms with Crippen molar-refractivity contribution in [2.45, 2.75) is 25.8 Å². The fourth-order valence-corrected chi connectivity index (χ4v) is 2.72. The van der Waals surface area contributed by atoms with Gasteiger partial charge in [-0.25, -0.2) is 4.39 Å². The highest BCUT2D eigenvalue weighted by Crippen LogP contribution is 2.33. The molecule has 18 heavy (non-hydrogen) atoms. The average Bonchev–Trinajstić information content (AvgIpc) is 2.74. The monoisotopic (exact) mass is 241 g/mol. The topological polar surface area (TPSA) is 26.0 Å². The van der Waals surface area contributed by atoms with Crippen LogP contribution in [-0.4, -0.2) is 0 Å². The quantitative estimate of drug-likeness (QED) is 0.808. The van der Waals surface area contributed by atoms with Crippen LogP contribution in [0.3, 0.4) is 0 Å². The SMILES string of the molecule is Cc1ccc(F)cc1-c1ccc2c(c1)CCC2N. The Hall–Kier alpha value is -1.67. The summed E-state index contributed by atoms with van der Waals surface area (Å²) >= 11 is 0. The molecule has 1 atom stereocenters. The van der Waals surface area contributed by atoms with Gasteiger partial charge < -0.3 is 5.73 Å². The predicted molar refractivity (Wildman–Crippen MR) is 71.8 cm³/mol. The van der Waals surface area contributed by atoms with E-state index in [1.54, 1.807) is 6.07 Å². The molecule has 0 spiro atoms.